The number of imide groups is 1. The topological polar surface area (TPSA) is 42.3 Å². The molecule has 1 aromatic heterocycles. The van der Waals surface area contributed by atoms with E-state index in [1.807, 2.05) is 24.3 Å². The number of carbonyl (C=O) groups is 2. The van der Waals surface area contributed by atoms with E-state index in [1.165, 1.54) is 26.8 Å². The van der Waals surface area contributed by atoms with Gasteiger partial charge in [0.25, 0.3) is 11.8 Å². The Morgan fingerprint density at radius 3 is 1.37 bits per heavy atom. The van der Waals surface area contributed by atoms with Crippen molar-refractivity contribution in [3.05, 3.63) is 107 Å². The molecular formula is C34H32N2O2. The van der Waals surface area contributed by atoms with Crippen molar-refractivity contribution in [2.45, 2.75) is 52.4 Å². The van der Waals surface area contributed by atoms with E-state index in [0.717, 1.165) is 16.7 Å². The first-order valence-corrected chi connectivity index (χ1v) is 13.1. The number of rotatable bonds is 2. The molecule has 0 bridgehead atoms. The number of hydrogen-bond donors (Lipinski definition) is 0. The molecular weight excluding hydrogens is 468 g/mol. The molecule has 190 valence electrons. The molecule has 0 fully saturated rings. The maximum absolute atomic E-state index is 13.0. The van der Waals surface area contributed by atoms with Gasteiger partial charge in [0.15, 0.2) is 0 Å². The van der Waals surface area contributed by atoms with Crippen molar-refractivity contribution in [2.24, 2.45) is 0 Å². The molecule has 0 spiro atoms. The molecule has 6 rings (SSSR count). The summed E-state index contributed by atoms with van der Waals surface area (Å²) in [6.45, 7) is 13.5. The Hall–Kier alpha value is -4.18. The van der Waals surface area contributed by atoms with E-state index < -0.39 is 0 Å². The standard InChI is InChI=1S/C34H32N2O2/c1-33(2,3)21-11-17-29-27(19-21)28-20-22(34(4,5)6)12-18-30(28)35(29)23-13-15-24(16-14-23)36-31(37)25-9-7-8-10-26(25)32(36)38/h7-20H,1-6H3. The number of carbonyl (C=O) groups excluding carboxylic acids is 2. The van der Waals surface area contributed by atoms with Crippen LogP contribution in [0.2, 0.25) is 0 Å². The maximum atomic E-state index is 13.0. The zero-order valence-electron chi connectivity index (χ0n) is 22.8. The van der Waals surface area contributed by atoms with Gasteiger partial charge < -0.3 is 4.57 Å². The van der Waals surface area contributed by atoms with Crippen LogP contribution < -0.4 is 4.90 Å². The Labute approximate surface area is 223 Å². The molecule has 1 aliphatic rings. The first kappa shape index (κ1) is 24.2. The summed E-state index contributed by atoms with van der Waals surface area (Å²) in [5, 5.41) is 2.45. The van der Waals surface area contributed by atoms with E-state index in [4.69, 9.17) is 0 Å². The van der Waals surface area contributed by atoms with Crippen LogP contribution in [-0.4, -0.2) is 16.4 Å². The summed E-state index contributed by atoms with van der Waals surface area (Å²) in [5.74, 6) is -0.556. The second kappa shape index (κ2) is 8.16. The van der Waals surface area contributed by atoms with Crippen LogP contribution in [-0.2, 0) is 10.8 Å². The van der Waals surface area contributed by atoms with Crippen LogP contribution in [0.4, 0.5) is 5.69 Å². The molecule has 4 aromatic carbocycles. The van der Waals surface area contributed by atoms with Gasteiger partial charge in [-0.1, -0.05) is 65.8 Å². The molecule has 0 saturated heterocycles. The van der Waals surface area contributed by atoms with Crippen LogP contribution in [0.15, 0.2) is 84.9 Å². The lowest BCUT2D eigenvalue weighted by atomic mass is 9.85. The third-order valence-corrected chi connectivity index (χ3v) is 7.66. The molecule has 0 radical (unpaired) electrons. The monoisotopic (exact) mass is 500 g/mol. The fourth-order valence-electron chi connectivity index (χ4n) is 5.41. The van der Waals surface area contributed by atoms with Gasteiger partial charge >= 0.3 is 0 Å². The number of nitrogens with zero attached hydrogens (tertiary/aromatic N) is 2. The lowest BCUT2D eigenvalue weighted by molar-refractivity contribution is 0.0926. The van der Waals surface area contributed by atoms with Crippen LogP contribution >= 0.6 is 0 Å². The van der Waals surface area contributed by atoms with Gasteiger partial charge in [0.2, 0.25) is 0 Å². The molecule has 5 aromatic rings. The zero-order chi connectivity index (χ0) is 27.0. The van der Waals surface area contributed by atoms with E-state index >= 15 is 0 Å². The highest BCUT2D eigenvalue weighted by Crippen LogP contribution is 2.38. The van der Waals surface area contributed by atoms with Crippen molar-refractivity contribution in [3.8, 4) is 5.69 Å². The maximum Gasteiger partial charge on any atom is 0.266 e. The molecule has 0 saturated carbocycles. The largest absolute Gasteiger partial charge is 0.309 e. The third-order valence-electron chi connectivity index (χ3n) is 7.66. The summed E-state index contributed by atoms with van der Waals surface area (Å²) >= 11 is 0. The Morgan fingerprint density at radius 2 is 0.947 bits per heavy atom. The first-order chi connectivity index (χ1) is 17.9. The minimum atomic E-state index is -0.278. The highest BCUT2D eigenvalue weighted by molar-refractivity contribution is 6.34. The van der Waals surface area contributed by atoms with Gasteiger partial charge in [-0.25, -0.2) is 4.90 Å². The van der Waals surface area contributed by atoms with Crippen molar-refractivity contribution in [1.82, 2.24) is 4.57 Å². The van der Waals surface area contributed by atoms with Crippen molar-refractivity contribution in [3.63, 3.8) is 0 Å². The van der Waals surface area contributed by atoms with E-state index in [1.54, 1.807) is 24.3 Å². The molecule has 2 heterocycles. The van der Waals surface area contributed by atoms with Crippen LogP contribution in [0.1, 0.15) is 73.4 Å². The highest BCUT2D eigenvalue weighted by Gasteiger charge is 2.36. The van der Waals surface area contributed by atoms with Crippen LogP contribution in [0, 0.1) is 0 Å². The third kappa shape index (κ3) is 3.66. The minimum Gasteiger partial charge on any atom is -0.309 e. The Morgan fingerprint density at radius 1 is 0.526 bits per heavy atom. The van der Waals surface area contributed by atoms with Gasteiger partial charge in [0, 0.05) is 16.5 Å². The van der Waals surface area contributed by atoms with Crippen LogP contribution in [0.5, 0.6) is 0 Å². The predicted octanol–water partition coefficient (Wildman–Crippen LogP) is 8.18. The van der Waals surface area contributed by atoms with Crippen molar-refractivity contribution < 1.29 is 9.59 Å². The van der Waals surface area contributed by atoms with E-state index in [0.29, 0.717) is 16.8 Å². The molecule has 0 atom stereocenters. The summed E-state index contributed by atoms with van der Waals surface area (Å²) < 4.78 is 2.27. The Kier molecular flexibility index (Phi) is 5.19. The average molecular weight is 501 g/mol. The van der Waals surface area contributed by atoms with E-state index in [-0.39, 0.29) is 22.6 Å². The number of aromatic nitrogens is 1. The number of hydrogen-bond acceptors (Lipinski definition) is 2. The second-order valence-corrected chi connectivity index (χ2v) is 12.3. The fraction of sp³-hybridized carbons (Fsp3) is 0.235. The van der Waals surface area contributed by atoms with Gasteiger partial charge in [-0.2, -0.15) is 0 Å². The molecule has 4 nitrogen and oxygen atoms in total. The van der Waals surface area contributed by atoms with E-state index in [2.05, 4.69) is 82.5 Å². The predicted molar refractivity (Wildman–Crippen MR) is 156 cm³/mol. The zero-order valence-corrected chi connectivity index (χ0v) is 22.8. The normalized spacial score (nSPS) is 14.1. The average Bonchev–Trinajstić information content (AvgIpc) is 3.34. The Bertz CT molecular complexity index is 1650. The number of benzene rings is 4. The smallest absolute Gasteiger partial charge is 0.266 e. The molecule has 0 aliphatic carbocycles. The van der Waals surface area contributed by atoms with Crippen molar-refractivity contribution >= 4 is 39.3 Å². The summed E-state index contributed by atoms with van der Waals surface area (Å²) in [7, 11) is 0. The SMILES string of the molecule is CC(C)(C)c1ccc2c(c1)c1cc(C(C)(C)C)ccc1n2-c1ccc(N2C(=O)c3ccccc3C2=O)cc1. The fourth-order valence-corrected chi connectivity index (χ4v) is 5.41. The molecule has 1 aliphatic heterocycles. The summed E-state index contributed by atoms with van der Waals surface area (Å²) in [6, 6.07) is 28.2. The molecule has 4 heteroatoms. The molecule has 0 unspecified atom stereocenters. The van der Waals surface area contributed by atoms with Gasteiger partial charge in [0.1, 0.15) is 0 Å². The number of amides is 2. The second-order valence-electron chi connectivity index (χ2n) is 12.3. The Balaban J connectivity index is 1.51. The lowest BCUT2D eigenvalue weighted by Gasteiger charge is -2.19. The van der Waals surface area contributed by atoms with Gasteiger partial charge in [0.05, 0.1) is 27.8 Å². The van der Waals surface area contributed by atoms with Gasteiger partial charge in [-0.15, -0.1) is 0 Å². The quantitative estimate of drug-likeness (QED) is 0.229. The molecule has 38 heavy (non-hydrogen) atoms. The minimum absolute atomic E-state index is 0.0400. The van der Waals surface area contributed by atoms with Crippen LogP contribution in [0.25, 0.3) is 27.5 Å². The van der Waals surface area contributed by atoms with Crippen molar-refractivity contribution in [2.75, 3.05) is 4.90 Å². The van der Waals surface area contributed by atoms with Gasteiger partial charge in [-0.05, 0) is 82.6 Å². The first-order valence-electron chi connectivity index (χ1n) is 13.1. The highest BCUT2D eigenvalue weighted by atomic mass is 16.2. The van der Waals surface area contributed by atoms with Crippen molar-refractivity contribution in [1.29, 1.82) is 0 Å². The summed E-state index contributed by atoms with van der Waals surface area (Å²) in [5.41, 5.74) is 7.40. The van der Waals surface area contributed by atoms with Gasteiger partial charge in [-0.3, -0.25) is 9.59 Å². The lowest BCUT2D eigenvalue weighted by Crippen LogP contribution is -2.29. The molecule has 0 N–H and O–H groups in total. The molecule has 2 amide bonds. The number of fused-ring (bicyclic) bond motifs is 4. The summed E-state index contributed by atoms with van der Waals surface area (Å²) in [4.78, 5) is 27.3. The van der Waals surface area contributed by atoms with Crippen LogP contribution in [0.3, 0.4) is 0 Å². The van der Waals surface area contributed by atoms with E-state index in [9.17, 15) is 9.59 Å². The summed E-state index contributed by atoms with van der Waals surface area (Å²) in [6.07, 6.45) is 0. The number of anilines is 1.